The molecular weight excluding hydrogens is 310 g/mol. The molecule has 6 heteroatoms. The number of hydrogen-bond donors (Lipinski definition) is 0. The van der Waals surface area contributed by atoms with Crippen LogP contribution in [0, 0.1) is 11.7 Å². The third-order valence-electron chi connectivity index (χ3n) is 5.26. The Morgan fingerprint density at radius 1 is 1.17 bits per heavy atom. The second-order valence-electron chi connectivity index (χ2n) is 6.62. The van der Waals surface area contributed by atoms with Gasteiger partial charge in [0.15, 0.2) is 5.78 Å². The van der Waals surface area contributed by atoms with E-state index in [0.29, 0.717) is 18.9 Å². The number of ketones is 1. The minimum absolute atomic E-state index is 0.236. The molecule has 2 aliphatic heterocycles. The molecule has 126 valence electrons. The average Bonchev–Trinajstić information content (AvgIpc) is 2.44. The number of carbonyl (C=O) groups excluding carboxylic acids is 1. The number of Topliss-reactive ketones (excluding diaryl/α,β-unsaturated/α-hetero) is 1. The van der Waals surface area contributed by atoms with E-state index in [-0.39, 0.29) is 12.1 Å². The number of fused-ring (bicyclic) bond motifs is 2. The number of alkyl halides is 3. The molecule has 2 fully saturated rings. The highest BCUT2D eigenvalue weighted by Gasteiger charge is 2.42. The van der Waals surface area contributed by atoms with Crippen LogP contribution < -0.4 is 0 Å². The predicted octanol–water partition coefficient (Wildman–Crippen LogP) is 4.29. The second kappa shape index (κ2) is 5.89. The molecule has 2 bridgehead atoms. The van der Waals surface area contributed by atoms with Gasteiger partial charge in [0.2, 0.25) is 0 Å². The van der Waals surface area contributed by atoms with Crippen LogP contribution in [0.1, 0.15) is 48.0 Å². The van der Waals surface area contributed by atoms with Gasteiger partial charge in [0.25, 0.3) is 0 Å². The third kappa shape index (κ3) is 3.13. The number of nitrogens with zero attached hydrogens (tertiary/aromatic N) is 1. The van der Waals surface area contributed by atoms with Gasteiger partial charge >= 0.3 is 6.18 Å². The Bertz CT molecular complexity index is 599. The Balaban J connectivity index is 1.90. The van der Waals surface area contributed by atoms with E-state index in [1.807, 2.05) is 7.05 Å². The van der Waals surface area contributed by atoms with Gasteiger partial charge in [-0.05, 0) is 50.9 Å². The lowest BCUT2D eigenvalue weighted by molar-refractivity contribution is -0.138. The summed E-state index contributed by atoms with van der Waals surface area (Å²) in [6.07, 6.45) is -0.522. The SMILES string of the molecule is CN1C2CCCC1CC(C(=O)c1cc(F)ccc1C(F)(F)F)C2. The van der Waals surface area contributed by atoms with Crippen molar-refractivity contribution in [2.75, 3.05) is 7.05 Å². The fraction of sp³-hybridized carbons (Fsp3) is 0.588. The van der Waals surface area contributed by atoms with Crippen LogP contribution in [0.5, 0.6) is 0 Å². The molecule has 0 spiro atoms. The van der Waals surface area contributed by atoms with E-state index >= 15 is 0 Å². The number of rotatable bonds is 2. The first-order valence-electron chi connectivity index (χ1n) is 7.90. The number of hydrogen-bond acceptors (Lipinski definition) is 2. The fourth-order valence-corrected chi connectivity index (χ4v) is 4.02. The molecular formula is C17H19F4NO. The smallest absolute Gasteiger partial charge is 0.300 e. The van der Waals surface area contributed by atoms with Crippen LogP contribution in [0.15, 0.2) is 18.2 Å². The van der Waals surface area contributed by atoms with Crippen molar-refractivity contribution in [3.05, 3.63) is 35.1 Å². The van der Waals surface area contributed by atoms with Crippen molar-refractivity contribution in [3.8, 4) is 0 Å². The van der Waals surface area contributed by atoms with Crippen molar-refractivity contribution in [3.63, 3.8) is 0 Å². The van der Waals surface area contributed by atoms with Crippen LogP contribution in [0.4, 0.5) is 17.6 Å². The molecule has 2 heterocycles. The topological polar surface area (TPSA) is 20.3 Å². The molecule has 2 saturated heterocycles. The highest BCUT2D eigenvalue weighted by molar-refractivity contribution is 5.99. The van der Waals surface area contributed by atoms with Crippen molar-refractivity contribution in [2.45, 2.75) is 50.4 Å². The van der Waals surface area contributed by atoms with Gasteiger partial charge in [-0.3, -0.25) is 4.79 Å². The summed E-state index contributed by atoms with van der Waals surface area (Å²) in [6.45, 7) is 0. The van der Waals surface area contributed by atoms with Gasteiger partial charge in [0, 0.05) is 23.6 Å². The van der Waals surface area contributed by atoms with Crippen LogP contribution in [-0.2, 0) is 6.18 Å². The molecule has 2 unspecified atom stereocenters. The maximum atomic E-state index is 13.4. The molecule has 0 amide bonds. The summed E-state index contributed by atoms with van der Waals surface area (Å²) in [5.74, 6) is -1.83. The summed E-state index contributed by atoms with van der Waals surface area (Å²) in [7, 11) is 2.01. The molecule has 2 aliphatic rings. The van der Waals surface area contributed by atoms with E-state index in [2.05, 4.69) is 4.90 Å². The van der Waals surface area contributed by atoms with Crippen molar-refractivity contribution < 1.29 is 22.4 Å². The third-order valence-corrected chi connectivity index (χ3v) is 5.26. The van der Waals surface area contributed by atoms with E-state index in [4.69, 9.17) is 0 Å². The quantitative estimate of drug-likeness (QED) is 0.596. The lowest BCUT2D eigenvalue weighted by Gasteiger charge is -2.46. The Hall–Kier alpha value is -1.43. The van der Waals surface area contributed by atoms with Gasteiger partial charge in [-0.2, -0.15) is 13.2 Å². The van der Waals surface area contributed by atoms with Crippen molar-refractivity contribution in [1.82, 2.24) is 4.90 Å². The fourth-order valence-electron chi connectivity index (χ4n) is 4.02. The molecule has 0 N–H and O–H groups in total. The summed E-state index contributed by atoms with van der Waals surface area (Å²) in [4.78, 5) is 14.9. The van der Waals surface area contributed by atoms with Crippen molar-refractivity contribution in [2.24, 2.45) is 5.92 Å². The largest absolute Gasteiger partial charge is 0.417 e. The Kier molecular flexibility index (Phi) is 4.21. The van der Waals surface area contributed by atoms with E-state index in [0.717, 1.165) is 31.4 Å². The number of halogens is 4. The maximum Gasteiger partial charge on any atom is 0.417 e. The predicted molar refractivity (Wildman–Crippen MR) is 77.6 cm³/mol. The van der Waals surface area contributed by atoms with Crippen LogP contribution in [0.3, 0.4) is 0 Å². The van der Waals surface area contributed by atoms with Crippen LogP contribution >= 0.6 is 0 Å². The zero-order valence-corrected chi connectivity index (χ0v) is 12.9. The summed E-state index contributed by atoms with van der Waals surface area (Å²) in [6, 6.07) is 2.62. The van der Waals surface area contributed by atoms with E-state index in [1.165, 1.54) is 0 Å². The molecule has 23 heavy (non-hydrogen) atoms. The Morgan fingerprint density at radius 3 is 2.35 bits per heavy atom. The van der Waals surface area contributed by atoms with E-state index in [1.54, 1.807) is 0 Å². The van der Waals surface area contributed by atoms with Crippen molar-refractivity contribution >= 4 is 5.78 Å². The number of carbonyl (C=O) groups is 1. The summed E-state index contributed by atoms with van der Waals surface area (Å²) in [5, 5.41) is 0. The standard InChI is InChI=1S/C17H19F4NO/c1-22-12-3-2-4-13(22)8-10(7-12)16(23)14-9-11(18)5-6-15(14)17(19,20)21/h5-6,9-10,12-13H,2-4,7-8H2,1H3. The van der Waals surface area contributed by atoms with Gasteiger partial charge < -0.3 is 4.90 Å². The summed E-state index contributed by atoms with van der Waals surface area (Å²) in [5.41, 5.74) is -1.56. The normalized spacial score (nSPS) is 28.7. The molecule has 2 atom stereocenters. The van der Waals surface area contributed by atoms with Crippen LogP contribution in [0.2, 0.25) is 0 Å². The Morgan fingerprint density at radius 2 is 1.78 bits per heavy atom. The van der Waals surface area contributed by atoms with E-state index in [9.17, 15) is 22.4 Å². The lowest BCUT2D eigenvalue weighted by atomic mass is 9.75. The average molecular weight is 329 g/mol. The zero-order valence-electron chi connectivity index (χ0n) is 12.9. The minimum atomic E-state index is -4.65. The molecule has 2 nitrogen and oxygen atoms in total. The first-order chi connectivity index (χ1) is 10.8. The Labute approximate surface area is 132 Å². The van der Waals surface area contributed by atoms with Gasteiger partial charge in [-0.15, -0.1) is 0 Å². The van der Waals surface area contributed by atoms with Gasteiger partial charge in [0.1, 0.15) is 5.82 Å². The highest BCUT2D eigenvalue weighted by atomic mass is 19.4. The first-order valence-corrected chi connectivity index (χ1v) is 7.90. The molecule has 1 aromatic rings. The first kappa shape index (κ1) is 16.4. The molecule has 1 aromatic carbocycles. The van der Waals surface area contributed by atoms with Crippen LogP contribution in [-0.4, -0.2) is 29.8 Å². The monoisotopic (exact) mass is 329 g/mol. The molecule has 0 saturated carbocycles. The van der Waals surface area contributed by atoms with E-state index < -0.39 is 34.8 Å². The molecule has 0 aromatic heterocycles. The van der Waals surface area contributed by atoms with Crippen molar-refractivity contribution in [1.29, 1.82) is 0 Å². The zero-order chi connectivity index (χ0) is 16.8. The van der Waals surface area contributed by atoms with Crippen LogP contribution in [0.25, 0.3) is 0 Å². The second-order valence-corrected chi connectivity index (χ2v) is 6.62. The molecule has 0 radical (unpaired) electrons. The minimum Gasteiger partial charge on any atom is -0.300 e. The summed E-state index contributed by atoms with van der Waals surface area (Å²) < 4.78 is 52.8. The maximum absolute atomic E-state index is 13.4. The van der Waals surface area contributed by atoms with Gasteiger partial charge in [0.05, 0.1) is 5.56 Å². The lowest BCUT2D eigenvalue weighted by Crippen LogP contribution is -2.51. The molecule has 0 aliphatic carbocycles. The summed E-state index contributed by atoms with van der Waals surface area (Å²) >= 11 is 0. The van der Waals surface area contributed by atoms with Gasteiger partial charge in [-0.25, -0.2) is 4.39 Å². The highest BCUT2D eigenvalue weighted by Crippen LogP contribution is 2.39. The molecule has 3 rings (SSSR count). The van der Waals surface area contributed by atoms with Gasteiger partial charge in [-0.1, -0.05) is 6.42 Å². The number of piperidine rings is 2. The number of benzene rings is 1.